The van der Waals surface area contributed by atoms with Crippen molar-refractivity contribution in [1.29, 1.82) is 0 Å². The minimum atomic E-state index is 0.774. The van der Waals surface area contributed by atoms with Crippen molar-refractivity contribution in [2.75, 3.05) is 27.3 Å². The van der Waals surface area contributed by atoms with Crippen LogP contribution in [0, 0.1) is 5.92 Å². The lowest BCUT2D eigenvalue weighted by molar-refractivity contribution is 0.216. The summed E-state index contributed by atoms with van der Waals surface area (Å²) >= 11 is 0. The fourth-order valence-corrected chi connectivity index (χ4v) is 1.81. The summed E-state index contributed by atoms with van der Waals surface area (Å²) < 4.78 is 0. The normalized spacial score (nSPS) is 20.1. The fraction of sp³-hybridized carbons (Fsp3) is 0.800. The number of likely N-dealkylation sites (N-methyl/N-ethyl adjacent to an activating group) is 1. The molecule has 0 N–H and O–H groups in total. The molecule has 70 valence electrons. The van der Waals surface area contributed by atoms with E-state index in [1.54, 1.807) is 5.57 Å². The van der Waals surface area contributed by atoms with Crippen molar-refractivity contribution in [3.05, 3.63) is 11.8 Å². The van der Waals surface area contributed by atoms with Gasteiger partial charge in [0.1, 0.15) is 0 Å². The first kappa shape index (κ1) is 9.59. The second-order valence-corrected chi connectivity index (χ2v) is 4.30. The molecule has 12 heavy (non-hydrogen) atoms. The third-order valence-corrected chi connectivity index (χ3v) is 2.01. The van der Waals surface area contributed by atoms with Gasteiger partial charge in [-0.2, -0.15) is 0 Å². The molecule has 1 rings (SSSR count). The van der Waals surface area contributed by atoms with Crippen LogP contribution in [-0.4, -0.2) is 37.1 Å². The SMILES string of the molecule is CC(C)CC1=CN(C)CN(C)C1. The summed E-state index contributed by atoms with van der Waals surface area (Å²) in [6, 6.07) is 0. The smallest absolute Gasteiger partial charge is 0.0698 e. The lowest BCUT2D eigenvalue weighted by atomic mass is 10.0. The summed E-state index contributed by atoms with van der Waals surface area (Å²) in [5.41, 5.74) is 1.56. The Balaban J connectivity index is 2.51. The molecule has 0 aliphatic carbocycles. The van der Waals surface area contributed by atoms with Gasteiger partial charge in [0.2, 0.25) is 0 Å². The highest BCUT2D eigenvalue weighted by molar-refractivity contribution is 5.06. The van der Waals surface area contributed by atoms with E-state index in [9.17, 15) is 0 Å². The Hall–Kier alpha value is -0.500. The van der Waals surface area contributed by atoms with Crippen molar-refractivity contribution in [2.45, 2.75) is 20.3 Å². The molecule has 0 bridgehead atoms. The van der Waals surface area contributed by atoms with Gasteiger partial charge in [-0.15, -0.1) is 0 Å². The molecule has 0 radical (unpaired) electrons. The molecule has 0 amide bonds. The molecule has 0 saturated carbocycles. The van der Waals surface area contributed by atoms with Crippen LogP contribution in [0.5, 0.6) is 0 Å². The van der Waals surface area contributed by atoms with Crippen molar-refractivity contribution >= 4 is 0 Å². The standard InChI is InChI=1S/C10H20N2/c1-9(2)5-10-6-11(3)8-12(4)7-10/h6,9H,5,7-8H2,1-4H3. The third-order valence-electron chi connectivity index (χ3n) is 2.01. The molecule has 0 aromatic heterocycles. The summed E-state index contributed by atoms with van der Waals surface area (Å²) in [6.07, 6.45) is 3.52. The highest BCUT2D eigenvalue weighted by Crippen LogP contribution is 2.15. The van der Waals surface area contributed by atoms with Gasteiger partial charge in [0.05, 0.1) is 6.67 Å². The molecule has 2 nitrogen and oxygen atoms in total. The maximum absolute atomic E-state index is 2.34. The van der Waals surface area contributed by atoms with Crippen molar-refractivity contribution < 1.29 is 0 Å². The summed E-state index contributed by atoms with van der Waals surface area (Å²) in [7, 11) is 4.31. The predicted octanol–water partition coefficient (Wildman–Crippen LogP) is 1.75. The van der Waals surface area contributed by atoms with E-state index in [1.807, 2.05) is 0 Å². The summed E-state index contributed by atoms with van der Waals surface area (Å²) in [6.45, 7) is 6.75. The van der Waals surface area contributed by atoms with E-state index in [0.29, 0.717) is 0 Å². The van der Waals surface area contributed by atoms with E-state index in [-0.39, 0.29) is 0 Å². The molecular formula is C10H20N2. The van der Waals surface area contributed by atoms with Gasteiger partial charge in [-0.25, -0.2) is 0 Å². The Morgan fingerprint density at radius 1 is 1.42 bits per heavy atom. The summed E-state index contributed by atoms with van der Waals surface area (Å²) in [5.74, 6) is 0.774. The minimum absolute atomic E-state index is 0.774. The Labute approximate surface area is 75.8 Å². The lowest BCUT2D eigenvalue weighted by Gasteiger charge is -2.31. The van der Waals surface area contributed by atoms with Crippen LogP contribution in [0.15, 0.2) is 11.8 Å². The molecule has 1 aliphatic rings. The minimum Gasteiger partial charge on any atom is -0.368 e. The molecule has 0 unspecified atom stereocenters. The zero-order valence-electron chi connectivity index (χ0n) is 8.67. The van der Waals surface area contributed by atoms with Crippen molar-refractivity contribution in [3.63, 3.8) is 0 Å². The second kappa shape index (κ2) is 3.94. The van der Waals surface area contributed by atoms with Gasteiger partial charge in [-0.05, 0) is 25.0 Å². The molecule has 0 fully saturated rings. The van der Waals surface area contributed by atoms with Crippen LogP contribution in [-0.2, 0) is 0 Å². The fourth-order valence-electron chi connectivity index (χ4n) is 1.81. The average molecular weight is 168 g/mol. The summed E-state index contributed by atoms with van der Waals surface area (Å²) in [4.78, 5) is 4.60. The first-order chi connectivity index (χ1) is 5.58. The topological polar surface area (TPSA) is 6.48 Å². The average Bonchev–Trinajstić information content (AvgIpc) is 1.81. The van der Waals surface area contributed by atoms with Crippen LogP contribution in [0.1, 0.15) is 20.3 Å². The molecule has 0 spiro atoms. The largest absolute Gasteiger partial charge is 0.368 e. The Morgan fingerprint density at radius 2 is 2.08 bits per heavy atom. The monoisotopic (exact) mass is 168 g/mol. The van der Waals surface area contributed by atoms with Crippen LogP contribution >= 0.6 is 0 Å². The van der Waals surface area contributed by atoms with E-state index in [4.69, 9.17) is 0 Å². The highest BCUT2D eigenvalue weighted by atomic mass is 15.3. The number of hydrogen-bond acceptors (Lipinski definition) is 2. The maximum Gasteiger partial charge on any atom is 0.0698 e. The third kappa shape index (κ3) is 2.86. The molecule has 0 aromatic carbocycles. The molecule has 0 saturated heterocycles. The van der Waals surface area contributed by atoms with Gasteiger partial charge < -0.3 is 4.90 Å². The van der Waals surface area contributed by atoms with Crippen molar-refractivity contribution in [1.82, 2.24) is 9.80 Å². The van der Waals surface area contributed by atoms with E-state index < -0.39 is 0 Å². The zero-order chi connectivity index (χ0) is 9.14. The molecule has 2 heteroatoms. The Morgan fingerprint density at radius 3 is 2.58 bits per heavy atom. The van der Waals surface area contributed by atoms with Gasteiger partial charge >= 0.3 is 0 Å². The first-order valence-electron chi connectivity index (χ1n) is 4.66. The lowest BCUT2D eigenvalue weighted by Crippen LogP contribution is -2.36. The Kier molecular flexibility index (Phi) is 3.15. The Bertz CT molecular complexity index is 173. The van der Waals surface area contributed by atoms with Crippen LogP contribution in [0.25, 0.3) is 0 Å². The van der Waals surface area contributed by atoms with E-state index in [0.717, 1.165) is 19.1 Å². The molecule has 1 heterocycles. The van der Waals surface area contributed by atoms with Crippen molar-refractivity contribution in [2.24, 2.45) is 5.92 Å². The van der Waals surface area contributed by atoms with E-state index >= 15 is 0 Å². The van der Waals surface area contributed by atoms with Crippen molar-refractivity contribution in [3.8, 4) is 0 Å². The quantitative estimate of drug-likeness (QED) is 0.620. The molecule has 0 aromatic rings. The van der Waals surface area contributed by atoms with Gasteiger partial charge in [0.25, 0.3) is 0 Å². The van der Waals surface area contributed by atoms with Gasteiger partial charge in [-0.3, -0.25) is 4.90 Å². The van der Waals surface area contributed by atoms with Gasteiger partial charge in [0, 0.05) is 19.8 Å². The van der Waals surface area contributed by atoms with Crippen LogP contribution in [0.4, 0.5) is 0 Å². The number of rotatable bonds is 2. The molecular weight excluding hydrogens is 148 g/mol. The first-order valence-corrected chi connectivity index (χ1v) is 4.66. The number of hydrogen-bond donors (Lipinski definition) is 0. The maximum atomic E-state index is 2.34. The van der Waals surface area contributed by atoms with Crippen LogP contribution in [0.2, 0.25) is 0 Å². The van der Waals surface area contributed by atoms with E-state index in [1.165, 1.54) is 6.42 Å². The molecule has 0 atom stereocenters. The zero-order valence-corrected chi connectivity index (χ0v) is 8.67. The van der Waals surface area contributed by atoms with Crippen LogP contribution < -0.4 is 0 Å². The second-order valence-electron chi connectivity index (χ2n) is 4.30. The summed E-state index contributed by atoms with van der Waals surface area (Å²) in [5, 5.41) is 0. The highest BCUT2D eigenvalue weighted by Gasteiger charge is 2.12. The molecule has 1 aliphatic heterocycles. The van der Waals surface area contributed by atoms with E-state index in [2.05, 4.69) is 43.9 Å². The van der Waals surface area contributed by atoms with Gasteiger partial charge in [-0.1, -0.05) is 13.8 Å². The predicted molar refractivity (Wildman–Crippen MR) is 52.8 cm³/mol. The van der Waals surface area contributed by atoms with Crippen LogP contribution in [0.3, 0.4) is 0 Å². The number of nitrogens with zero attached hydrogens (tertiary/aromatic N) is 2. The van der Waals surface area contributed by atoms with Gasteiger partial charge in [0.15, 0.2) is 0 Å².